The summed E-state index contributed by atoms with van der Waals surface area (Å²) >= 11 is 3.05. The molecule has 0 aromatic heterocycles. The first-order chi connectivity index (χ1) is 7.45. The Morgan fingerprint density at radius 1 is 1.50 bits per heavy atom. The van der Waals surface area contributed by atoms with Crippen LogP contribution in [-0.4, -0.2) is 18.2 Å². The third-order valence-electron chi connectivity index (χ3n) is 1.80. The van der Waals surface area contributed by atoms with Crippen LogP contribution in [0.3, 0.4) is 0 Å². The summed E-state index contributed by atoms with van der Waals surface area (Å²) in [5.74, 6) is 0.0988. The maximum absolute atomic E-state index is 10.9. The van der Waals surface area contributed by atoms with Crippen molar-refractivity contribution < 1.29 is 19.2 Å². The van der Waals surface area contributed by atoms with Crippen LogP contribution in [0.2, 0.25) is 0 Å². The molecule has 86 valence electrons. The highest BCUT2D eigenvalue weighted by atomic mass is 79.9. The zero-order valence-corrected chi connectivity index (χ0v) is 10.1. The molecule has 0 amide bonds. The monoisotopic (exact) mass is 289 g/mol. The number of hydrogen-bond acceptors (Lipinski definition) is 5. The van der Waals surface area contributed by atoms with Crippen LogP contribution >= 0.6 is 15.9 Å². The summed E-state index contributed by atoms with van der Waals surface area (Å²) < 4.78 is 9.38. The van der Waals surface area contributed by atoms with Crippen LogP contribution < -0.4 is 4.74 Å². The maximum atomic E-state index is 10.9. The van der Waals surface area contributed by atoms with Gasteiger partial charge >= 0.3 is 6.16 Å². The van der Waals surface area contributed by atoms with Crippen LogP contribution in [0.5, 0.6) is 5.75 Å². The summed E-state index contributed by atoms with van der Waals surface area (Å²) in [6, 6.07) is 2.66. The summed E-state index contributed by atoms with van der Waals surface area (Å²) in [7, 11) is 1.16. The van der Waals surface area contributed by atoms with Crippen molar-refractivity contribution in [2.24, 2.45) is 0 Å². The largest absolute Gasteiger partial charge is 0.513 e. The van der Waals surface area contributed by atoms with E-state index in [0.29, 0.717) is 10.0 Å². The Hall–Kier alpha value is -1.63. The molecular formula is C9H8BrNO5. The summed E-state index contributed by atoms with van der Waals surface area (Å²) in [6.45, 7) is 1.66. The first-order valence-electron chi connectivity index (χ1n) is 4.16. The van der Waals surface area contributed by atoms with Crippen molar-refractivity contribution in [1.29, 1.82) is 0 Å². The molecular weight excluding hydrogens is 282 g/mol. The van der Waals surface area contributed by atoms with Gasteiger partial charge in [-0.25, -0.2) is 4.79 Å². The van der Waals surface area contributed by atoms with Gasteiger partial charge < -0.3 is 9.47 Å². The Morgan fingerprint density at radius 3 is 2.62 bits per heavy atom. The molecule has 0 atom stereocenters. The van der Waals surface area contributed by atoms with E-state index < -0.39 is 11.1 Å². The van der Waals surface area contributed by atoms with Crippen molar-refractivity contribution in [2.45, 2.75) is 6.92 Å². The molecule has 0 saturated carbocycles. The smallest absolute Gasteiger partial charge is 0.437 e. The fourth-order valence-electron chi connectivity index (χ4n) is 1.02. The molecule has 0 spiro atoms. The number of carbonyl (C=O) groups is 1. The second-order valence-electron chi connectivity index (χ2n) is 2.88. The van der Waals surface area contributed by atoms with Crippen LogP contribution in [0.15, 0.2) is 16.6 Å². The fourth-order valence-corrected chi connectivity index (χ4v) is 1.63. The number of halogens is 1. The molecule has 0 N–H and O–H groups in total. The second-order valence-corrected chi connectivity index (χ2v) is 3.74. The fraction of sp³-hybridized carbons (Fsp3) is 0.222. The lowest BCUT2D eigenvalue weighted by Crippen LogP contribution is -2.08. The number of hydrogen-bond donors (Lipinski definition) is 0. The van der Waals surface area contributed by atoms with E-state index in [9.17, 15) is 14.9 Å². The van der Waals surface area contributed by atoms with Crippen LogP contribution in [0, 0.1) is 17.0 Å². The Morgan fingerprint density at radius 2 is 2.12 bits per heavy atom. The molecule has 7 heteroatoms. The minimum Gasteiger partial charge on any atom is -0.437 e. The Kier molecular flexibility index (Phi) is 3.83. The molecule has 6 nitrogen and oxygen atoms in total. The van der Waals surface area contributed by atoms with Crippen molar-refractivity contribution in [2.75, 3.05) is 7.11 Å². The third-order valence-corrected chi connectivity index (χ3v) is 2.44. The van der Waals surface area contributed by atoms with Crippen molar-refractivity contribution >= 4 is 27.8 Å². The maximum Gasteiger partial charge on any atom is 0.513 e. The van der Waals surface area contributed by atoms with E-state index in [1.807, 2.05) is 0 Å². The molecule has 1 rings (SSSR count). The van der Waals surface area contributed by atoms with Crippen molar-refractivity contribution in [1.82, 2.24) is 0 Å². The van der Waals surface area contributed by atoms with Gasteiger partial charge in [0.15, 0.2) is 0 Å². The third kappa shape index (κ3) is 2.69. The molecule has 0 aliphatic heterocycles. The molecule has 0 saturated heterocycles. The predicted octanol–water partition coefficient (Wildman–Crippen LogP) is 2.81. The normalized spacial score (nSPS) is 9.69. The number of rotatable bonds is 2. The van der Waals surface area contributed by atoms with Crippen molar-refractivity contribution in [3.63, 3.8) is 0 Å². The lowest BCUT2D eigenvalue weighted by Gasteiger charge is -2.06. The molecule has 0 aliphatic carbocycles. The molecule has 0 fully saturated rings. The SMILES string of the molecule is COC(=O)Oc1cc([N+](=O)[O-])c(Br)cc1C. The van der Waals surface area contributed by atoms with Gasteiger partial charge in [0, 0.05) is 0 Å². The van der Waals surface area contributed by atoms with Crippen LogP contribution in [0.4, 0.5) is 10.5 Å². The minimum absolute atomic E-state index is 0.0988. The quantitative estimate of drug-likeness (QED) is 0.362. The zero-order valence-electron chi connectivity index (χ0n) is 8.52. The van der Waals surface area contributed by atoms with E-state index >= 15 is 0 Å². The first-order valence-corrected chi connectivity index (χ1v) is 4.95. The molecule has 0 unspecified atom stereocenters. The second kappa shape index (κ2) is 4.93. The number of benzene rings is 1. The van der Waals surface area contributed by atoms with Gasteiger partial charge in [0.05, 0.1) is 22.6 Å². The van der Waals surface area contributed by atoms with Crippen LogP contribution in [-0.2, 0) is 4.74 Å². The van der Waals surface area contributed by atoms with Gasteiger partial charge in [-0.2, -0.15) is 0 Å². The number of nitro benzene ring substituents is 1. The van der Waals surface area contributed by atoms with Gasteiger partial charge in [0.1, 0.15) is 5.75 Å². The molecule has 0 aliphatic rings. The van der Waals surface area contributed by atoms with E-state index in [0.717, 1.165) is 13.2 Å². The number of nitro groups is 1. The predicted molar refractivity (Wildman–Crippen MR) is 58.6 cm³/mol. The average molecular weight is 290 g/mol. The summed E-state index contributed by atoms with van der Waals surface area (Å²) in [5.41, 5.74) is 0.410. The lowest BCUT2D eigenvalue weighted by atomic mass is 10.2. The van der Waals surface area contributed by atoms with E-state index in [4.69, 9.17) is 4.74 Å². The molecule has 1 aromatic carbocycles. The van der Waals surface area contributed by atoms with Crippen molar-refractivity contribution in [3.05, 3.63) is 32.3 Å². The van der Waals surface area contributed by atoms with Gasteiger partial charge in [-0.3, -0.25) is 10.1 Å². The Bertz CT molecular complexity index is 446. The van der Waals surface area contributed by atoms with E-state index in [1.54, 1.807) is 6.92 Å². The minimum atomic E-state index is -0.917. The zero-order chi connectivity index (χ0) is 12.3. The topological polar surface area (TPSA) is 78.7 Å². The number of carbonyl (C=O) groups excluding carboxylic acids is 1. The van der Waals surface area contributed by atoms with Gasteiger partial charge in [0.25, 0.3) is 5.69 Å². The van der Waals surface area contributed by atoms with Gasteiger partial charge in [-0.05, 0) is 34.5 Å². The highest BCUT2D eigenvalue weighted by molar-refractivity contribution is 9.10. The first kappa shape index (κ1) is 12.4. The summed E-state index contributed by atoms with van der Waals surface area (Å²) in [6.07, 6.45) is -0.917. The van der Waals surface area contributed by atoms with E-state index in [2.05, 4.69) is 20.7 Å². The molecule has 0 heterocycles. The lowest BCUT2D eigenvalue weighted by molar-refractivity contribution is -0.385. The molecule has 0 radical (unpaired) electrons. The molecule has 16 heavy (non-hydrogen) atoms. The Balaban J connectivity index is 3.14. The average Bonchev–Trinajstić information content (AvgIpc) is 2.21. The van der Waals surface area contributed by atoms with Crippen molar-refractivity contribution in [3.8, 4) is 5.75 Å². The van der Waals surface area contributed by atoms with Crippen LogP contribution in [0.25, 0.3) is 0 Å². The van der Waals surface area contributed by atoms with E-state index in [1.165, 1.54) is 6.07 Å². The van der Waals surface area contributed by atoms with Gasteiger partial charge in [-0.15, -0.1) is 0 Å². The molecule has 1 aromatic rings. The standard InChI is InChI=1S/C9H8BrNO5/c1-5-3-6(10)7(11(13)14)4-8(5)16-9(12)15-2/h3-4H,1-2H3. The summed E-state index contributed by atoms with van der Waals surface area (Å²) in [5, 5.41) is 10.6. The number of methoxy groups -OCH3 is 1. The number of ether oxygens (including phenoxy) is 2. The molecule has 0 bridgehead atoms. The number of aryl methyl sites for hydroxylation is 1. The Labute approximate surface area is 99.4 Å². The highest BCUT2D eigenvalue weighted by Crippen LogP contribution is 2.32. The van der Waals surface area contributed by atoms with Crippen LogP contribution in [0.1, 0.15) is 5.56 Å². The van der Waals surface area contributed by atoms with Gasteiger partial charge in [0.2, 0.25) is 0 Å². The van der Waals surface area contributed by atoms with Gasteiger partial charge in [-0.1, -0.05) is 0 Å². The summed E-state index contributed by atoms with van der Waals surface area (Å²) in [4.78, 5) is 20.9. The highest BCUT2D eigenvalue weighted by Gasteiger charge is 2.17. The number of nitrogens with zero attached hydrogens (tertiary/aromatic N) is 1. The van der Waals surface area contributed by atoms with E-state index in [-0.39, 0.29) is 11.4 Å².